The van der Waals surface area contributed by atoms with Crippen LogP contribution in [0.15, 0.2) is 36.4 Å². The first-order valence-electron chi connectivity index (χ1n) is 8.10. The van der Waals surface area contributed by atoms with Crippen LogP contribution in [0.3, 0.4) is 0 Å². The molecule has 0 aliphatic carbocycles. The van der Waals surface area contributed by atoms with Crippen LogP contribution in [-0.2, 0) is 5.54 Å². The van der Waals surface area contributed by atoms with E-state index in [-0.39, 0.29) is 5.54 Å². The van der Waals surface area contributed by atoms with Gasteiger partial charge in [0.05, 0.1) is 14.2 Å². The van der Waals surface area contributed by atoms with Gasteiger partial charge in [0.25, 0.3) is 0 Å². The summed E-state index contributed by atoms with van der Waals surface area (Å²) in [5, 5.41) is 2.35. The molecule has 0 saturated heterocycles. The summed E-state index contributed by atoms with van der Waals surface area (Å²) in [5.41, 5.74) is 2.21. The number of hydrogen-bond donors (Lipinski definition) is 0. The molecule has 3 aromatic rings. The predicted molar refractivity (Wildman–Crippen MR) is 96.5 cm³/mol. The Balaban J connectivity index is 2.46. The van der Waals surface area contributed by atoms with Gasteiger partial charge in [-0.05, 0) is 56.2 Å². The lowest BCUT2D eigenvalue weighted by Crippen LogP contribution is -2.28. The van der Waals surface area contributed by atoms with Gasteiger partial charge in [-0.2, -0.15) is 0 Å². The predicted octanol–water partition coefficient (Wildman–Crippen LogP) is 5.16. The average molecular weight is 310 g/mol. The number of rotatable bonds is 5. The Kier molecular flexibility index (Phi) is 3.97. The summed E-state index contributed by atoms with van der Waals surface area (Å²) in [6.07, 6.45) is 1.95. The zero-order valence-corrected chi connectivity index (χ0v) is 14.3. The third-order valence-electron chi connectivity index (χ3n) is 4.97. The van der Waals surface area contributed by atoms with E-state index in [0.717, 1.165) is 24.3 Å². The molecule has 0 aliphatic heterocycles. The van der Waals surface area contributed by atoms with Crippen molar-refractivity contribution in [3.63, 3.8) is 0 Å². The summed E-state index contributed by atoms with van der Waals surface area (Å²) >= 11 is 0. The van der Waals surface area contributed by atoms with Gasteiger partial charge in [-0.3, -0.25) is 0 Å². The van der Waals surface area contributed by atoms with Crippen molar-refractivity contribution in [3.8, 4) is 11.5 Å². The quantitative estimate of drug-likeness (QED) is 0.649. The zero-order valence-electron chi connectivity index (χ0n) is 14.3. The zero-order chi connectivity index (χ0) is 16.6. The van der Waals surface area contributed by atoms with Gasteiger partial charge in [0.2, 0.25) is 0 Å². The minimum Gasteiger partial charge on any atom is -0.497 e. The smallest absolute Gasteiger partial charge is 0.119 e. The number of ether oxygens (including phenoxy) is 2. The van der Waals surface area contributed by atoms with Crippen molar-refractivity contribution in [2.75, 3.05) is 14.2 Å². The molecule has 121 valence electrons. The van der Waals surface area contributed by atoms with Gasteiger partial charge >= 0.3 is 0 Å². The van der Waals surface area contributed by atoms with Crippen molar-refractivity contribution in [2.24, 2.45) is 0 Å². The summed E-state index contributed by atoms with van der Waals surface area (Å²) in [6, 6.07) is 12.5. The van der Waals surface area contributed by atoms with Crippen molar-refractivity contribution < 1.29 is 9.47 Å². The second-order valence-corrected chi connectivity index (χ2v) is 6.03. The molecule has 0 amide bonds. The van der Waals surface area contributed by atoms with Gasteiger partial charge in [0.1, 0.15) is 11.5 Å². The van der Waals surface area contributed by atoms with E-state index in [4.69, 9.17) is 9.47 Å². The van der Waals surface area contributed by atoms with E-state index in [1.165, 1.54) is 21.8 Å². The highest BCUT2D eigenvalue weighted by Gasteiger charge is 2.26. The highest BCUT2D eigenvalue weighted by molar-refractivity contribution is 6.09. The molecule has 23 heavy (non-hydrogen) atoms. The fraction of sp³-hybridized carbons (Fsp3) is 0.350. The molecular formula is C20H24NO2. The molecule has 0 atom stereocenters. The van der Waals surface area contributed by atoms with Crippen LogP contribution < -0.4 is 9.47 Å². The lowest BCUT2D eigenvalue weighted by atomic mass is 9.94. The number of benzene rings is 2. The van der Waals surface area contributed by atoms with Crippen molar-refractivity contribution in [2.45, 2.75) is 32.2 Å². The van der Waals surface area contributed by atoms with Crippen LogP contribution in [0, 0.1) is 6.92 Å². The molecule has 1 radical (unpaired) electrons. The second kappa shape index (κ2) is 5.80. The maximum absolute atomic E-state index is 5.42. The Morgan fingerprint density at radius 1 is 0.870 bits per heavy atom. The Morgan fingerprint density at radius 3 is 1.65 bits per heavy atom. The van der Waals surface area contributed by atoms with Crippen LogP contribution >= 0.6 is 0 Å². The lowest BCUT2D eigenvalue weighted by molar-refractivity contribution is 0.360. The van der Waals surface area contributed by atoms with Gasteiger partial charge in [0, 0.05) is 27.3 Å². The van der Waals surface area contributed by atoms with E-state index >= 15 is 0 Å². The van der Waals surface area contributed by atoms with Gasteiger partial charge < -0.3 is 14.0 Å². The van der Waals surface area contributed by atoms with Gasteiger partial charge in [-0.15, -0.1) is 0 Å². The topological polar surface area (TPSA) is 23.4 Å². The third-order valence-corrected chi connectivity index (χ3v) is 4.97. The molecule has 0 aliphatic rings. The lowest BCUT2D eigenvalue weighted by Gasteiger charge is -2.31. The van der Waals surface area contributed by atoms with Crippen molar-refractivity contribution >= 4 is 21.8 Å². The van der Waals surface area contributed by atoms with Crippen LogP contribution in [0.4, 0.5) is 0 Å². The number of aromatic nitrogens is 1. The summed E-state index contributed by atoms with van der Waals surface area (Å²) in [5.74, 6) is 1.73. The van der Waals surface area contributed by atoms with Crippen molar-refractivity contribution in [1.29, 1.82) is 0 Å². The van der Waals surface area contributed by atoms with E-state index in [0.29, 0.717) is 0 Å². The molecule has 0 bridgehead atoms. The van der Waals surface area contributed by atoms with Crippen LogP contribution in [0.5, 0.6) is 11.5 Å². The maximum Gasteiger partial charge on any atom is 0.119 e. The fourth-order valence-corrected chi connectivity index (χ4v) is 3.31. The fourth-order valence-electron chi connectivity index (χ4n) is 3.31. The molecule has 1 aromatic heterocycles. The van der Waals surface area contributed by atoms with Gasteiger partial charge in [-0.25, -0.2) is 0 Å². The second-order valence-electron chi connectivity index (χ2n) is 6.03. The standard InChI is InChI=1S/C20H24NO2/c1-6-20(3,7-2)21-18-10-8-14(22-4)12-16(18)17-13-15(23-5)9-11-19(17)21/h8-13H,3,6-7H2,1-2,4-5H3. The molecule has 0 unspecified atom stereocenters. The van der Waals surface area contributed by atoms with Crippen LogP contribution in [0.25, 0.3) is 21.8 Å². The van der Waals surface area contributed by atoms with Crippen molar-refractivity contribution in [3.05, 3.63) is 43.3 Å². The number of hydrogen-bond acceptors (Lipinski definition) is 2. The maximum atomic E-state index is 5.42. The minimum absolute atomic E-state index is 0.164. The molecule has 0 saturated carbocycles. The third kappa shape index (κ3) is 2.35. The highest BCUT2D eigenvalue weighted by Crippen LogP contribution is 2.39. The summed E-state index contributed by atoms with van der Waals surface area (Å²) in [6.45, 7) is 8.93. The SMILES string of the molecule is [CH2]C(CC)(CC)n1c2ccc(OC)cc2c2cc(OC)ccc21. The molecular weight excluding hydrogens is 286 g/mol. The Bertz CT molecular complexity index is 782. The first kappa shape index (κ1) is 15.7. The van der Waals surface area contributed by atoms with Crippen molar-refractivity contribution in [1.82, 2.24) is 4.57 Å². The summed E-state index contributed by atoms with van der Waals surface area (Å²) in [7, 11) is 3.40. The van der Waals surface area contributed by atoms with E-state index < -0.39 is 0 Å². The number of fused-ring (bicyclic) bond motifs is 3. The van der Waals surface area contributed by atoms with E-state index in [9.17, 15) is 0 Å². The normalized spacial score (nSPS) is 12.0. The molecule has 0 N–H and O–H groups in total. The Hall–Kier alpha value is -2.16. The van der Waals surface area contributed by atoms with E-state index in [1.54, 1.807) is 14.2 Å². The van der Waals surface area contributed by atoms with Gasteiger partial charge in [0.15, 0.2) is 0 Å². The van der Waals surface area contributed by atoms with E-state index in [2.05, 4.69) is 49.6 Å². The minimum atomic E-state index is -0.164. The molecule has 0 fully saturated rings. The highest BCUT2D eigenvalue weighted by atomic mass is 16.5. The molecule has 3 rings (SSSR count). The number of nitrogens with zero attached hydrogens (tertiary/aromatic N) is 1. The molecule has 1 heterocycles. The Labute approximate surface area is 137 Å². The van der Waals surface area contributed by atoms with Crippen LogP contribution in [-0.4, -0.2) is 18.8 Å². The monoisotopic (exact) mass is 310 g/mol. The largest absolute Gasteiger partial charge is 0.497 e. The number of methoxy groups -OCH3 is 2. The van der Waals surface area contributed by atoms with Crippen LogP contribution in [0.2, 0.25) is 0 Å². The first-order chi connectivity index (χ1) is 11.1. The van der Waals surface area contributed by atoms with Crippen LogP contribution in [0.1, 0.15) is 26.7 Å². The van der Waals surface area contributed by atoms with Gasteiger partial charge in [-0.1, -0.05) is 13.8 Å². The molecule has 3 heteroatoms. The average Bonchev–Trinajstić information content (AvgIpc) is 2.94. The summed E-state index contributed by atoms with van der Waals surface area (Å²) < 4.78 is 13.2. The first-order valence-corrected chi connectivity index (χ1v) is 8.10. The Morgan fingerprint density at radius 2 is 1.30 bits per heavy atom. The van der Waals surface area contributed by atoms with E-state index in [1.807, 2.05) is 12.1 Å². The summed E-state index contributed by atoms with van der Waals surface area (Å²) in [4.78, 5) is 0. The molecule has 2 aromatic carbocycles. The molecule has 0 spiro atoms. The molecule has 3 nitrogen and oxygen atoms in total.